The lowest BCUT2D eigenvalue weighted by Gasteiger charge is -2.27. The first-order valence-corrected chi connectivity index (χ1v) is 6.49. The van der Waals surface area contributed by atoms with Gasteiger partial charge in [0.05, 0.1) is 0 Å². The lowest BCUT2D eigenvalue weighted by atomic mass is 10.2. The number of hydrogen-bond acceptors (Lipinski definition) is 3. The Morgan fingerprint density at radius 2 is 2.27 bits per heavy atom. The van der Waals surface area contributed by atoms with Crippen molar-refractivity contribution in [1.82, 2.24) is 10.2 Å². The van der Waals surface area contributed by atoms with Crippen LogP contribution in [-0.2, 0) is 4.79 Å². The Morgan fingerprint density at radius 3 is 2.87 bits per heavy atom. The standard InChI is InChI=1S/C10H16N2O2S/c1-2-15-8-5-3-4-7(8)12-6-9(13)11-10(12)14/h7-8H,2-6H2,1H3,(H,11,13,14). The molecule has 0 aromatic heterocycles. The van der Waals surface area contributed by atoms with Crippen LogP contribution >= 0.6 is 11.8 Å². The largest absolute Gasteiger partial charge is 0.324 e. The third kappa shape index (κ3) is 2.12. The summed E-state index contributed by atoms with van der Waals surface area (Å²) in [5.74, 6) is 0.914. The predicted octanol–water partition coefficient (Wildman–Crippen LogP) is 1.21. The van der Waals surface area contributed by atoms with E-state index in [1.54, 1.807) is 4.90 Å². The fourth-order valence-corrected chi connectivity index (χ4v) is 3.66. The molecule has 0 spiro atoms. The van der Waals surface area contributed by atoms with E-state index >= 15 is 0 Å². The van der Waals surface area contributed by atoms with E-state index in [4.69, 9.17) is 0 Å². The number of carbonyl (C=O) groups excluding carboxylic acids is 2. The van der Waals surface area contributed by atoms with Gasteiger partial charge in [-0.3, -0.25) is 10.1 Å². The second kappa shape index (κ2) is 4.43. The molecule has 5 heteroatoms. The Hall–Kier alpha value is -0.710. The van der Waals surface area contributed by atoms with Gasteiger partial charge in [-0.05, 0) is 18.6 Å². The number of carbonyl (C=O) groups is 2. The first-order chi connectivity index (χ1) is 7.22. The Morgan fingerprint density at radius 1 is 1.47 bits per heavy atom. The summed E-state index contributed by atoms with van der Waals surface area (Å²) in [6, 6.07) is 0.0648. The minimum atomic E-state index is -0.200. The molecule has 4 nitrogen and oxygen atoms in total. The lowest BCUT2D eigenvalue weighted by Crippen LogP contribution is -2.41. The second-order valence-electron chi connectivity index (χ2n) is 3.97. The highest BCUT2D eigenvalue weighted by Gasteiger charge is 2.39. The number of nitrogens with zero attached hydrogens (tertiary/aromatic N) is 1. The Bertz CT molecular complexity index is 283. The maximum absolute atomic E-state index is 11.5. The fraction of sp³-hybridized carbons (Fsp3) is 0.800. The maximum Gasteiger partial charge on any atom is 0.324 e. The van der Waals surface area contributed by atoms with Crippen molar-refractivity contribution in [1.29, 1.82) is 0 Å². The van der Waals surface area contributed by atoms with E-state index in [1.807, 2.05) is 11.8 Å². The van der Waals surface area contributed by atoms with Crippen LogP contribution in [0.2, 0.25) is 0 Å². The van der Waals surface area contributed by atoms with Crippen LogP contribution in [-0.4, -0.2) is 40.4 Å². The molecule has 2 fully saturated rings. The van der Waals surface area contributed by atoms with E-state index in [0.29, 0.717) is 5.25 Å². The molecular formula is C10H16N2O2S. The summed E-state index contributed by atoms with van der Waals surface area (Å²) in [5.41, 5.74) is 0. The molecule has 0 aromatic rings. The first-order valence-electron chi connectivity index (χ1n) is 5.44. The number of amides is 3. The van der Waals surface area contributed by atoms with Crippen LogP contribution in [0.5, 0.6) is 0 Å². The number of urea groups is 1. The third-order valence-corrected chi connectivity index (χ3v) is 4.33. The summed E-state index contributed by atoms with van der Waals surface area (Å²) in [4.78, 5) is 24.3. The van der Waals surface area contributed by atoms with Crippen LogP contribution < -0.4 is 5.32 Å². The van der Waals surface area contributed by atoms with Crippen molar-refractivity contribution in [3.05, 3.63) is 0 Å². The van der Waals surface area contributed by atoms with Crippen LogP contribution in [0.1, 0.15) is 26.2 Å². The summed E-state index contributed by atoms with van der Waals surface area (Å²) < 4.78 is 0. The summed E-state index contributed by atoms with van der Waals surface area (Å²) in [6.07, 6.45) is 3.37. The number of imide groups is 1. The average Bonchev–Trinajstić information content (AvgIpc) is 2.73. The molecular weight excluding hydrogens is 212 g/mol. The molecule has 15 heavy (non-hydrogen) atoms. The highest BCUT2D eigenvalue weighted by atomic mass is 32.2. The van der Waals surface area contributed by atoms with Crippen LogP contribution in [0.15, 0.2) is 0 Å². The normalized spacial score (nSPS) is 31.1. The van der Waals surface area contributed by atoms with Gasteiger partial charge in [0.15, 0.2) is 0 Å². The highest BCUT2D eigenvalue weighted by Crippen LogP contribution is 2.33. The van der Waals surface area contributed by atoms with E-state index in [2.05, 4.69) is 12.2 Å². The first kappa shape index (κ1) is 10.8. The summed E-state index contributed by atoms with van der Waals surface area (Å²) >= 11 is 1.90. The van der Waals surface area contributed by atoms with E-state index < -0.39 is 0 Å². The van der Waals surface area contributed by atoms with Crippen molar-refractivity contribution in [2.24, 2.45) is 0 Å². The fourth-order valence-electron chi connectivity index (χ4n) is 2.40. The maximum atomic E-state index is 11.5. The Labute approximate surface area is 93.8 Å². The predicted molar refractivity (Wildman–Crippen MR) is 59.8 cm³/mol. The zero-order valence-corrected chi connectivity index (χ0v) is 9.68. The summed E-state index contributed by atoms with van der Waals surface area (Å²) in [6.45, 7) is 2.39. The van der Waals surface area contributed by atoms with E-state index in [0.717, 1.165) is 12.2 Å². The average molecular weight is 228 g/mol. The molecule has 0 bridgehead atoms. The van der Waals surface area contributed by atoms with Gasteiger partial charge in [0, 0.05) is 11.3 Å². The van der Waals surface area contributed by atoms with Gasteiger partial charge >= 0.3 is 6.03 Å². The van der Waals surface area contributed by atoms with Gasteiger partial charge in [0.2, 0.25) is 5.91 Å². The van der Waals surface area contributed by atoms with Crippen molar-refractivity contribution in [2.45, 2.75) is 37.5 Å². The van der Waals surface area contributed by atoms with Gasteiger partial charge in [-0.25, -0.2) is 4.79 Å². The minimum absolute atomic E-state index is 0.160. The van der Waals surface area contributed by atoms with Gasteiger partial charge in [-0.1, -0.05) is 13.3 Å². The monoisotopic (exact) mass is 228 g/mol. The van der Waals surface area contributed by atoms with Crippen molar-refractivity contribution in [3.8, 4) is 0 Å². The number of rotatable bonds is 3. The molecule has 2 aliphatic rings. The van der Waals surface area contributed by atoms with Crippen LogP contribution in [0.25, 0.3) is 0 Å². The number of nitrogens with one attached hydrogen (secondary N) is 1. The molecule has 3 amide bonds. The molecule has 2 rings (SSSR count). The third-order valence-electron chi connectivity index (χ3n) is 3.02. The molecule has 0 radical (unpaired) electrons. The Balaban J connectivity index is 2.03. The van der Waals surface area contributed by atoms with Gasteiger partial charge in [0.1, 0.15) is 6.54 Å². The van der Waals surface area contributed by atoms with Crippen LogP contribution in [0.4, 0.5) is 4.79 Å². The van der Waals surface area contributed by atoms with Crippen LogP contribution in [0, 0.1) is 0 Å². The second-order valence-corrected chi connectivity index (χ2v) is 5.49. The molecule has 1 saturated carbocycles. The van der Waals surface area contributed by atoms with Gasteiger partial charge in [-0.2, -0.15) is 11.8 Å². The highest BCUT2D eigenvalue weighted by molar-refractivity contribution is 7.99. The molecule has 1 heterocycles. The molecule has 0 aromatic carbocycles. The summed E-state index contributed by atoms with van der Waals surface area (Å²) in [5, 5.41) is 2.87. The molecule has 2 unspecified atom stereocenters. The van der Waals surface area contributed by atoms with Crippen molar-refractivity contribution >= 4 is 23.7 Å². The zero-order chi connectivity index (χ0) is 10.8. The molecule has 84 valence electrons. The summed E-state index contributed by atoms with van der Waals surface area (Å²) in [7, 11) is 0. The molecule has 1 N–H and O–H groups in total. The quantitative estimate of drug-likeness (QED) is 0.739. The lowest BCUT2D eigenvalue weighted by molar-refractivity contribution is -0.118. The van der Waals surface area contributed by atoms with E-state index in [-0.39, 0.29) is 24.5 Å². The smallest absolute Gasteiger partial charge is 0.311 e. The molecule has 1 aliphatic carbocycles. The van der Waals surface area contributed by atoms with Gasteiger partial charge in [-0.15, -0.1) is 0 Å². The molecule has 1 saturated heterocycles. The molecule has 2 atom stereocenters. The molecule has 1 aliphatic heterocycles. The van der Waals surface area contributed by atoms with E-state index in [9.17, 15) is 9.59 Å². The topological polar surface area (TPSA) is 49.4 Å². The van der Waals surface area contributed by atoms with Gasteiger partial charge < -0.3 is 4.90 Å². The number of hydrogen-bond donors (Lipinski definition) is 1. The van der Waals surface area contributed by atoms with E-state index in [1.165, 1.54) is 12.8 Å². The van der Waals surface area contributed by atoms with Crippen LogP contribution in [0.3, 0.4) is 0 Å². The van der Waals surface area contributed by atoms with Crippen molar-refractivity contribution in [2.75, 3.05) is 12.3 Å². The Kier molecular flexibility index (Phi) is 3.19. The number of thioether (sulfide) groups is 1. The SMILES string of the molecule is CCSC1CCCC1N1CC(=O)NC1=O. The van der Waals surface area contributed by atoms with Crippen molar-refractivity contribution in [3.63, 3.8) is 0 Å². The minimum Gasteiger partial charge on any atom is -0.311 e. The van der Waals surface area contributed by atoms with Crippen molar-refractivity contribution < 1.29 is 9.59 Å². The zero-order valence-electron chi connectivity index (χ0n) is 8.86. The van der Waals surface area contributed by atoms with Gasteiger partial charge in [0.25, 0.3) is 0 Å².